The highest BCUT2D eigenvalue weighted by Gasteiger charge is 2.17. The van der Waals surface area contributed by atoms with Gasteiger partial charge in [-0.05, 0) is 6.42 Å². The van der Waals surface area contributed by atoms with E-state index in [4.69, 9.17) is 0 Å². The van der Waals surface area contributed by atoms with Crippen LogP contribution < -0.4 is 4.90 Å². The van der Waals surface area contributed by atoms with E-state index in [9.17, 15) is 0 Å². The van der Waals surface area contributed by atoms with Crippen molar-refractivity contribution in [3.05, 3.63) is 18.1 Å². The topological polar surface area (TPSA) is 46.3 Å². The van der Waals surface area contributed by atoms with Crippen LogP contribution in [0.4, 0.5) is 5.82 Å². The van der Waals surface area contributed by atoms with E-state index in [-0.39, 0.29) is 0 Å². The molecule has 0 aliphatic carbocycles. The molecule has 0 bridgehead atoms. The van der Waals surface area contributed by atoms with E-state index in [1.807, 2.05) is 16.3 Å². The van der Waals surface area contributed by atoms with Gasteiger partial charge in [-0.1, -0.05) is 6.92 Å². The first kappa shape index (κ1) is 9.89. The molecule has 2 aromatic rings. The van der Waals surface area contributed by atoms with Crippen molar-refractivity contribution in [2.45, 2.75) is 13.3 Å². The highest BCUT2D eigenvalue weighted by Crippen LogP contribution is 2.23. The quantitative estimate of drug-likeness (QED) is 0.782. The summed E-state index contributed by atoms with van der Waals surface area (Å²) in [6, 6.07) is 2.12. The highest BCUT2D eigenvalue weighted by atomic mass is 32.2. The van der Waals surface area contributed by atoms with Gasteiger partial charge < -0.3 is 4.90 Å². The molecular weight excluding hydrogens is 222 g/mol. The zero-order valence-corrected chi connectivity index (χ0v) is 9.94. The molecule has 0 spiro atoms. The van der Waals surface area contributed by atoms with E-state index >= 15 is 0 Å². The van der Waals surface area contributed by atoms with Crippen molar-refractivity contribution >= 4 is 23.4 Å². The predicted molar refractivity (Wildman–Crippen MR) is 64.8 cm³/mol. The third kappa shape index (κ3) is 1.53. The van der Waals surface area contributed by atoms with Crippen molar-refractivity contribution in [3.8, 4) is 0 Å². The summed E-state index contributed by atoms with van der Waals surface area (Å²) in [5, 5.41) is 4.23. The minimum atomic E-state index is 0.700. The Morgan fingerprint density at radius 2 is 2.44 bits per heavy atom. The smallest absolute Gasteiger partial charge is 0.254 e. The Balaban J connectivity index is 2.15. The highest BCUT2D eigenvalue weighted by molar-refractivity contribution is 7.99. The number of aromatic nitrogens is 4. The Kier molecular flexibility index (Phi) is 2.43. The van der Waals surface area contributed by atoms with Gasteiger partial charge in [0.25, 0.3) is 5.78 Å². The molecule has 84 valence electrons. The number of rotatable bonds is 2. The molecule has 1 saturated heterocycles. The van der Waals surface area contributed by atoms with Gasteiger partial charge in [0, 0.05) is 24.1 Å². The van der Waals surface area contributed by atoms with Gasteiger partial charge in [0.15, 0.2) is 0 Å². The summed E-state index contributed by atoms with van der Waals surface area (Å²) in [6.45, 7) is 3.19. The standard InChI is InChI=1S/C10H13N5S/c1-2-8-5-9(14-3-4-16-7-14)15-10(13-8)11-6-12-15/h5-6H,2-4,7H2,1H3. The van der Waals surface area contributed by atoms with Crippen molar-refractivity contribution in [2.75, 3.05) is 23.1 Å². The molecule has 6 heteroatoms. The Labute approximate surface area is 97.9 Å². The second kappa shape index (κ2) is 3.93. The third-order valence-corrected chi connectivity index (χ3v) is 3.69. The average Bonchev–Trinajstić information content (AvgIpc) is 2.98. The SMILES string of the molecule is CCc1cc(N2CCSC2)n2ncnc2n1. The first-order valence-electron chi connectivity index (χ1n) is 5.41. The van der Waals surface area contributed by atoms with E-state index in [2.05, 4.69) is 33.0 Å². The van der Waals surface area contributed by atoms with Gasteiger partial charge in [-0.3, -0.25) is 0 Å². The molecular formula is C10H13N5S. The van der Waals surface area contributed by atoms with E-state index in [1.54, 1.807) is 6.33 Å². The second-order valence-corrected chi connectivity index (χ2v) is 4.81. The lowest BCUT2D eigenvalue weighted by Gasteiger charge is -2.17. The Hall–Kier alpha value is -1.30. The van der Waals surface area contributed by atoms with E-state index in [1.165, 1.54) is 5.75 Å². The molecule has 2 aromatic heterocycles. The van der Waals surface area contributed by atoms with Crippen LogP contribution in [0.1, 0.15) is 12.6 Å². The molecule has 3 heterocycles. The minimum absolute atomic E-state index is 0.700. The van der Waals surface area contributed by atoms with Crippen LogP contribution in [0.2, 0.25) is 0 Å². The minimum Gasteiger partial charge on any atom is -0.346 e. The molecule has 0 N–H and O–H groups in total. The maximum atomic E-state index is 4.44. The molecule has 3 rings (SSSR count). The summed E-state index contributed by atoms with van der Waals surface area (Å²) in [6.07, 6.45) is 2.49. The fourth-order valence-corrected chi connectivity index (χ4v) is 2.81. The Morgan fingerprint density at radius 1 is 1.50 bits per heavy atom. The lowest BCUT2D eigenvalue weighted by molar-refractivity contribution is 0.847. The van der Waals surface area contributed by atoms with Crippen molar-refractivity contribution < 1.29 is 0 Å². The van der Waals surface area contributed by atoms with Crippen molar-refractivity contribution in [1.29, 1.82) is 0 Å². The molecule has 1 fully saturated rings. The van der Waals surface area contributed by atoms with Gasteiger partial charge in [0.2, 0.25) is 0 Å². The van der Waals surface area contributed by atoms with Crippen LogP contribution in [-0.4, -0.2) is 37.8 Å². The number of hydrogen-bond acceptors (Lipinski definition) is 5. The van der Waals surface area contributed by atoms with Crippen molar-refractivity contribution in [2.24, 2.45) is 0 Å². The first-order chi connectivity index (χ1) is 7.88. The molecule has 1 aliphatic heterocycles. The normalized spacial score (nSPS) is 16.2. The van der Waals surface area contributed by atoms with Crippen molar-refractivity contribution in [3.63, 3.8) is 0 Å². The monoisotopic (exact) mass is 235 g/mol. The van der Waals surface area contributed by atoms with Crippen LogP contribution in [0.25, 0.3) is 5.78 Å². The summed E-state index contributed by atoms with van der Waals surface area (Å²) in [4.78, 5) is 10.9. The van der Waals surface area contributed by atoms with Crippen LogP contribution in [-0.2, 0) is 6.42 Å². The number of aryl methyl sites for hydroxylation is 1. The van der Waals surface area contributed by atoms with Gasteiger partial charge in [0.1, 0.15) is 12.1 Å². The maximum absolute atomic E-state index is 4.44. The van der Waals surface area contributed by atoms with E-state index < -0.39 is 0 Å². The molecule has 0 unspecified atom stereocenters. The molecule has 0 aromatic carbocycles. The van der Waals surface area contributed by atoms with Gasteiger partial charge in [-0.15, -0.1) is 11.8 Å². The molecule has 16 heavy (non-hydrogen) atoms. The van der Waals surface area contributed by atoms with Gasteiger partial charge in [-0.25, -0.2) is 4.98 Å². The number of thioether (sulfide) groups is 1. The maximum Gasteiger partial charge on any atom is 0.254 e. The van der Waals surface area contributed by atoms with Gasteiger partial charge >= 0.3 is 0 Å². The largest absolute Gasteiger partial charge is 0.346 e. The lowest BCUT2D eigenvalue weighted by atomic mass is 10.3. The summed E-state index contributed by atoms with van der Waals surface area (Å²) in [5.41, 5.74) is 1.08. The average molecular weight is 235 g/mol. The van der Waals surface area contributed by atoms with Gasteiger partial charge in [-0.2, -0.15) is 14.6 Å². The summed E-state index contributed by atoms with van der Waals surface area (Å²) in [7, 11) is 0. The number of hydrogen-bond donors (Lipinski definition) is 0. The van der Waals surface area contributed by atoms with Crippen LogP contribution in [0, 0.1) is 0 Å². The van der Waals surface area contributed by atoms with E-state index in [0.29, 0.717) is 5.78 Å². The Bertz CT molecular complexity index is 503. The summed E-state index contributed by atoms with van der Waals surface area (Å²) >= 11 is 1.95. The summed E-state index contributed by atoms with van der Waals surface area (Å²) in [5.74, 6) is 4.03. The molecule has 1 aliphatic rings. The first-order valence-corrected chi connectivity index (χ1v) is 6.56. The van der Waals surface area contributed by atoms with Crippen LogP contribution in [0.15, 0.2) is 12.4 Å². The molecule has 0 atom stereocenters. The lowest BCUT2D eigenvalue weighted by Crippen LogP contribution is -2.22. The zero-order chi connectivity index (χ0) is 11.0. The number of nitrogens with zero attached hydrogens (tertiary/aromatic N) is 5. The fraction of sp³-hybridized carbons (Fsp3) is 0.500. The van der Waals surface area contributed by atoms with Crippen LogP contribution in [0.5, 0.6) is 0 Å². The predicted octanol–water partition coefficient (Wildman–Crippen LogP) is 1.20. The Morgan fingerprint density at radius 3 is 3.19 bits per heavy atom. The van der Waals surface area contributed by atoms with Crippen molar-refractivity contribution in [1.82, 2.24) is 19.6 Å². The molecule has 0 amide bonds. The molecule has 0 saturated carbocycles. The number of anilines is 1. The molecule has 5 nitrogen and oxygen atoms in total. The van der Waals surface area contributed by atoms with Gasteiger partial charge in [0.05, 0.1) is 5.88 Å². The fourth-order valence-electron chi connectivity index (χ4n) is 1.85. The van der Waals surface area contributed by atoms with Crippen LogP contribution >= 0.6 is 11.8 Å². The second-order valence-electron chi connectivity index (χ2n) is 3.73. The molecule has 0 radical (unpaired) electrons. The third-order valence-electron chi connectivity index (χ3n) is 2.72. The summed E-state index contributed by atoms with van der Waals surface area (Å²) < 4.78 is 1.82. The zero-order valence-electron chi connectivity index (χ0n) is 9.13. The number of fused-ring (bicyclic) bond motifs is 1. The van der Waals surface area contributed by atoms with Crippen LogP contribution in [0.3, 0.4) is 0 Å². The van der Waals surface area contributed by atoms with E-state index in [0.717, 1.165) is 30.4 Å².